The average Bonchev–Trinajstić information content (AvgIpc) is 3.09. The van der Waals surface area contributed by atoms with Crippen LogP contribution in [0.5, 0.6) is 0 Å². The van der Waals surface area contributed by atoms with Gasteiger partial charge in [0.1, 0.15) is 5.82 Å². The summed E-state index contributed by atoms with van der Waals surface area (Å²) in [6.45, 7) is 0.990. The number of benzene rings is 2. The van der Waals surface area contributed by atoms with Gasteiger partial charge < -0.3 is 9.73 Å². The summed E-state index contributed by atoms with van der Waals surface area (Å²) in [6.07, 6.45) is 7.49. The molecule has 0 aliphatic heterocycles. The standard InChI is InChI=1S/C23H27FN2O2/c24-20-7-2-1-5-17(20)6-3-4-14-25-19-11-8-16(9-12-19)18-10-13-21-22(15-18)28-23(27)26-21/h1-2,5,7,10,13,15-16,19,25H,3-4,6,8-9,11-12,14H2,(H,26,27). The van der Waals surface area contributed by atoms with Crippen LogP contribution in [0, 0.1) is 5.82 Å². The van der Waals surface area contributed by atoms with E-state index < -0.39 is 5.76 Å². The van der Waals surface area contributed by atoms with E-state index in [1.807, 2.05) is 24.3 Å². The van der Waals surface area contributed by atoms with Crippen molar-refractivity contribution in [2.24, 2.45) is 0 Å². The van der Waals surface area contributed by atoms with Crippen molar-refractivity contribution in [3.05, 3.63) is 70.0 Å². The monoisotopic (exact) mass is 382 g/mol. The summed E-state index contributed by atoms with van der Waals surface area (Å²) in [5, 5.41) is 3.67. The molecule has 0 unspecified atom stereocenters. The fourth-order valence-corrected chi connectivity index (χ4v) is 4.29. The second-order valence-electron chi connectivity index (χ2n) is 7.82. The van der Waals surface area contributed by atoms with Gasteiger partial charge in [-0.1, -0.05) is 24.3 Å². The Morgan fingerprint density at radius 2 is 1.89 bits per heavy atom. The lowest BCUT2D eigenvalue weighted by Gasteiger charge is -2.29. The molecule has 2 aromatic carbocycles. The predicted molar refractivity (Wildman–Crippen MR) is 109 cm³/mol. The first-order valence-corrected chi connectivity index (χ1v) is 10.3. The van der Waals surface area contributed by atoms with E-state index in [1.165, 1.54) is 11.6 Å². The van der Waals surface area contributed by atoms with E-state index in [0.29, 0.717) is 17.5 Å². The van der Waals surface area contributed by atoms with Crippen LogP contribution in [-0.2, 0) is 6.42 Å². The minimum atomic E-state index is -0.393. The van der Waals surface area contributed by atoms with Gasteiger partial charge in [-0.25, -0.2) is 9.18 Å². The van der Waals surface area contributed by atoms with Crippen LogP contribution in [0.4, 0.5) is 4.39 Å². The molecule has 0 spiro atoms. The van der Waals surface area contributed by atoms with Crippen LogP contribution in [0.25, 0.3) is 11.1 Å². The van der Waals surface area contributed by atoms with Gasteiger partial charge in [-0.15, -0.1) is 0 Å². The first-order chi connectivity index (χ1) is 13.7. The first kappa shape index (κ1) is 18.9. The molecule has 1 aliphatic carbocycles. The Morgan fingerprint density at radius 3 is 2.71 bits per heavy atom. The van der Waals surface area contributed by atoms with Gasteiger partial charge in [0.25, 0.3) is 0 Å². The van der Waals surface area contributed by atoms with Gasteiger partial charge in [-0.3, -0.25) is 4.98 Å². The number of aromatic nitrogens is 1. The quantitative estimate of drug-likeness (QED) is 0.572. The summed E-state index contributed by atoms with van der Waals surface area (Å²) in [5.41, 5.74) is 3.49. The second kappa shape index (κ2) is 8.74. The first-order valence-electron chi connectivity index (χ1n) is 10.3. The molecule has 1 saturated carbocycles. The molecule has 0 atom stereocenters. The van der Waals surface area contributed by atoms with E-state index in [9.17, 15) is 9.18 Å². The van der Waals surface area contributed by atoms with Gasteiger partial charge in [0.2, 0.25) is 0 Å². The number of H-pyrrole nitrogens is 1. The van der Waals surface area contributed by atoms with E-state index in [4.69, 9.17) is 4.42 Å². The maximum absolute atomic E-state index is 13.6. The largest absolute Gasteiger partial charge is 0.417 e. The van der Waals surface area contributed by atoms with Crippen molar-refractivity contribution >= 4 is 11.1 Å². The lowest BCUT2D eigenvalue weighted by Crippen LogP contribution is -2.33. The molecular formula is C23H27FN2O2. The van der Waals surface area contributed by atoms with E-state index in [1.54, 1.807) is 6.07 Å². The SMILES string of the molecule is O=c1[nH]c2ccc(C3CCC(NCCCCc4ccccc4F)CC3)cc2o1. The number of unbranched alkanes of at least 4 members (excludes halogenated alkanes) is 1. The van der Waals surface area contributed by atoms with Crippen LogP contribution in [0.2, 0.25) is 0 Å². The lowest BCUT2D eigenvalue weighted by atomic mass is 9.81. The van der Waals surface area contributed by atoms with Crippen molar-refractivity contribution in [3.63, 3.8) is 0 Å². The number of oxazole rings is 1. The third kappa shape index (κ3) is 4.53. The van der Waals surface area contributed by atoms with Crippen LogP contribution in [0.15, 0.2) is 51.7 Å². The fraction of sp³-hybridized carbons (Fsp3) is 0.435. The molecule has 0 saturated heterocycles. The van der Waals surface area contributed by atoms with Gasteiger partial charge in [0, 0.05) is 6.04 Å². The molecule has 4 rings (SSSR count). The molecule has 2 N–H and O–H groups in total. The number of nitrogens with one attached hydrogen (secondary N) is 2. The van der Waals surface area contributed by atoms with Crippen molar-refractivity contribution in [2.75, 3.05) is 6.54 Å². The fourth-order valence-electron chi connectivity index (χ4n) is 4.29. The highest BCUT2D eigenvalue weighted by Gasteiger charge is 2.22. The van der Waals surface area contributed by atoms with E-state index in [2.05, 4.69) is 16.4 Å². The average molecular weight is 382 g/mol. The highest BCUT2D eigenvalue weighted by atomic mass is 19.1. The molecule has 0 radical (unpaired) electrons. The smallest absolute Gasteiger partial charge is 0.408 e. The number of rotatable bonds is 7. The van der Waals surface area contributed by atoms with Crippen LogP contribution in [0.3, 0.4) is 0 Å². The molecule has 3 aromatic rings. The maximum Gasteiger partial charge on any atom is 0.417 e. The predicted octanol–water partition coefficient (Wildman–Crippen LogP) is 4.90. The minimum Gasteiger partial charge on any atom is -0.408 e. The molecule has 4 nitrogen and oxygen atoms in total. The van der Waals surface area contributed by atoms with Crippen LogP contribution < -0.4 is 11.1 Å². The Kier molecular flexibility index (Phi) is 5.91. The van der Waals surface area contributed by atoms with Gasteiger partial charge in [-0.2, -0.15) is 0 Å². The molecule has 1 aromatic heterocycles. The summed E-state index contributed by atoms with van der Waals surface area (Å²) in [6, 6.07) is 13.7. The lowest BCUT2D eigenvalue weighted by molar-refractivity contribution is 0.341. The summed E-state index contributed by atoms with van der Waals surface area (Å²) in [5.74, 6) is 0.0460. The molecule has 1 aliphatic rings. The Labute approximate surface area is 164 Å². The zero-order valence-electron chi connectivity index (χ0n) is 16.0. The number of hydrogen-bond acceptors (Lipinski definition) is 3. The van der Waals surface area contributed by atoms with Crippen molar-refractivity contribution in [2.45, 2.75) is 56.9 Å². The highest BCUT2D eigenvalue weighted by Crippen LogP contribution is 2.34. The molecule has 148 valence electrons. The summed E-state index contributed by atoms with van der Waals surface area (Å²) >= 11 is 0. The zero-order valence-corrected chi connectivity index (χ0v) is 16.0. The van der Waals surface area contributed by atoms with Gasteiger partial charge in [0.15, 0.2) is 5.58 Å². The molecule has 28 heavy (non-hydrogen) atoms. The molecule has 1 fully saturated rings. The number of aromatic amines is 1. The normalized spacial score (nSPS) is 19.9. The van der Waals surface area contributed by atoms with Gasteiger partial charge in [0.05, 0.1) is 5.52 Å². The van der Waals surface area contributed by atoms with Crippen LogP contribution in [-0.4, -0.2) is 17.6 Å². The Morgan fingerprint density at radius 1 is 1.07 bits per heavy atom. The van der Waals surface area contributed by atoms with Crippen molar-refractivity contribution < 1.29 is 8.81 Å². The Balaban J connectivity index is 1.19. The molecule has 0 amide bonds. The zero-order chi connectivity index (χ0) is 19.3. The summed E-state index contributed by atoms with van der Waals surface area (Å²) in [4.78, 5) is 14.0. The highest BCUT2D eigenvalue weighted by molar-refractivity contribution is 5.72. The van der Waals surface area contributed by atoms with Crippen molar-refractivity contribution in [3.8, 4) is 0 Å². The molecular weight excluding hydrogens is 355 g/mol. The van der Waals surface area contributed by atoms with E-state index in [-0.39, 0.29) is 5.82 Å². The number of hydrogen-bond donors (Lipinski definition) is 2. The van der Waals surface area contributed by atoms with Crippen molar-refractivity contribution in [1.82, 2.24) is 10.3 Å². The van der Waals surface area contributed by atoms with Crippen LogP contribution in [0.1, 0.15) is 55.6 Å². The van der Waals surface area contributed by atoms with E-state index in [0.717, 1.165) is 62.6 Å². The van der Waals surface area contributed by atoms with Crippen molar-refractivity contribution in [1.29, 1.82) is 0 Å². The number of halogens is 1. The van der Waals surface area contributed by atoms with E-state index >= 15 is 0 Å². The second-order valence-corrected chi connectivity index (χ2v) is 7.82. The third-order valence-electron chi connectivity index (χ3n) is 5.91. The van der Waals surface area contributed by atoms with Gasteiger partial charge >= 0.3 is 5.76 Å². The number of aryl methyl sites for hydroxylation is 1. The minimum absolute atomic E-state index is 0.0918. The summed E-state index contributed by atoms with van der Waals surface area (Å²) in [7, 11) is 0. The molecule has 1 heterocycles. The topological polar surface area (TPSA) is 58.0 Å². The van der Waals surface area contributed by atoms with Crippen LogP contribution >= 0.6 is 0 Å². The Hall–Kier alpha value is -2.40. The number of fused-ring (bicyclic) bond motifs is 1. The third-order valence-corrected chi connectivity index (χ3v) is 5.91. The molecule has 5 heteroatoms. The Bertz CT molecular complexity index is 970. The van der Waals surface area contributed by atoms with Gasteiger partial charge in [-0.05, 0) is 86.7 Å². The molecule has 0 bridgehead atoms. The maximum atomic E-state index is 13.6. The summed E-state index contributed by atoms with van der Waals surface area (Å²) < 4.78 is 18.8.